The van der Waals surface area contributed by atoms with Crippen LogP contribution >= 0.6 is 11.3 Å². The van der Waals surface area contributed by atoms with Crippen molar-refractivity contribution in [1.82, 2.24) is 4.57 Å². The first-order valence-corrected chi connectivity index (χ1v) is 11.8. The fourth-order valence-corrected chi connectivity index (χ4v) is 5.03. The van der Waals surface area contributed by atoms with Crippen LogP contribution in [-0.2, 0) is 9.53 Å². The Morgan fingerprint density at radius 1 is 1.06 bits per heavy atom. The average molecular weight is 495 g/mol. The van der Waals surface area contributed by atoms with Crippen molar-refractivity contribution in [3.05, 3.63) is 84.5 Å². The fourth-order valence-electron chi connectivity index (χ4n) is 3.98. The van der Waals surface area contributed by atoms with Crippen molar-refractivity contribution in [3.63, 3.8) is 0 Å². The zero-order chi connectivity index (χ0) is 25.1. The first-order chi connectivity index (χ1) is 16.9. The molecule has 8 nitrogen and oxygen atoms in total. The molecule has 0 saturated heterocycles. The molecule has 1 unspecified atom stereocenters. The molecule has 1 aliphatic rings. The molecule has 0 saturated carbocycles. The fraction of sp³-hybridized carbons (Fsp3) is 0.269. The van der Waals surface area contributed by atoms with E-state index in [0.29, 0.717) is 37.7 Å². The van der Waals surface area contributed by atoms with Gasteiger partial charge in [-0.2, -0.15) is 0 Å². The van der Waals surface area contributed by atoms with Crippen molar-refractivity contribution in [2.24, 2.45) is 4.99 Å². The van der Waals surface area contributed by atoms with Gasteiger partial charge in [-0.05, 0) is 49.8 Å². The number of carbonyl (C=O) groups is 1. The quantitative estimate of drug-likeness (QED) is 0.470. The minimum atomic E-state index is -0.774. The summed E-state index contributed by atoms with van der Waals surface area (Å²) in [4.78, 5) is 31.8. The number of thiazole rings is 1. The van der Waals surface area contributed by atoms with Gasteiger partial charge < -0.3 is 18.9 Å². The smallest absolute Gasteiger partial charge is 0.338 e. The van der Waals surface area contributed by atoms with E-state index in [0.717, 1.165) is 11.3 Å². The van der Waals surface area contributed by atoms with E-state index in [1.165, 1.54) is 23.0 Å². The maximum atomic E-state index is 13.7. The van der Waals surface area contributed by atoms with E-state index in [2.05, 4.69) is 4.99 Å². The molecule has 4 rings (SSSR count). The molecule has 0 N–H and O–H groups in total. The summed E-state index contributed by atoms with van der Waals surface area (Å²) in [6.45, 7) is 3.68. The number of esters is 1. The number of fused-ring (bicyclic) bond motifs is 1. The van der Waals surface area contributed by atoms with Gasteiger partial charge in [-0.25, -0.2) is 9.79 Å². The van der Waals surface area contributed by atoms with Crippen molar-refractivity contribution in [3.8, 4) is 17.2 Å². The predicted octanol–water partition coefficient (Wildman–Crippen LogP) is 2.82. The van der Waals surface area contributed by atoms with Crippen LogP contribution in [0.25, 0.3) is 6.08 Å². The summed E-state index contributed by atoms with van der Waals surface area (Å²) in [7, 11) is 4.70. The lowest BCUT2D eigenvalue weighted by atomic mass is 9.95. The third kappa shape index (κ3) is 4.59. The lowest BCUT2D eigenvalue weighted by Crippen LogP contribution is -2.40. The van der Waals surface area contributed by atoms with Crippen LogP contribution in [-0.4, -0.2) is 38.5 Å². The van der Waals surface area contributed by atoms with E-state index in [1.807, 2.05) is 24.3 Å². The predicted molar refractivity (Wildman–Crippen MR) is 133 cm³/mol. The Morgan fingerprint density at radius 3 is 2.37 bits per heavy atom. The Bertz CT molecular complexity index is 1470. The van der Waals surface area contributed by atoms with Gasteiger partial charge in [0.2, 0.25) is 0 Å². The maximum Gasteiger partial charge on any atom is 0.338 e. The van der Waals surface area contributed by atoms with E-state index >= 15 is 0 Å². The summed E-state index contributed by atoms with van der Waals surface area (Å²) in [6, 6.07) is 11.9. The Labute approximate surface area is 206 Å². The van der Waals surface area contributed by atoms with Gasteiger partial charge in [0.1, 0.15) is 23.3 Å². The number of allylic oxidation sites excluding steroid dienone is 1. The third-order valence-electron chi connectivity index (χ3n) is 5.67. The Balaban J connectivity index is 1.96. The largest absolute Gasteiger partial charge is 0.497 e. The van der Waals surface area contributed by atoms with Crippen LogP contribution in [0.4, 0.5) is 0 Å². The summed E-state index contributed by atoms with van der Waals surface area (Å²) in [5, 5.41) is 0. The van der Waals surface area contributed by atoms with Crippen LogP contribution < -0.4 is 29.1 Å². The molecular formula is C26H26N2O6S. The second-order valence-electron chi connectivity index (χ2n) is 7.68. The van der Waals surface area contributed by atoms with Crippen LogP contribution in [0.2, 0.25) is 0 Å². The highest BCUT2D eigenvalue weighted by Crippen LogP contribution is 2.37. The van der Waals surface area contributed by atoms with Gasteiger partial charge in [-0.1, -0.05) is 23.5 Å². The van der Waals surface area contributed by atoms with Gasteiger partial charge in [0.15, 0.2) is 4.80 Å². The van der Waals surface area contributed by atoms with Crippen LogP contribution in [0.15, 0.2) is 63.5 Å². The third-order valence-corrected chi connectivity index (χ3v) is 6.65. The molecule has 0 spiro atoms. The van der Waals surface area contributed by atoms with E-state index < -0.39 is 12.0 Å². The maximum absolute atomic E-state index is 13.7. The van der Waals surface area contributed by atoms with Crippen molar-refractivity contribution < 1.29 is 23.7 Å². The molecule has 35 heavy (non-hydrogen) atoms. The van der Waals surface area contributed by atoms with Crippen LogP contribution in [0.5, 0.6) is 17.2 Å². The summed E-state index contributed by atoms with van der Waals surface area (Å²) >= 11 is 1.26. The van der Waals surface area contributed by atoms with Crippen molar-refractivity contribution in [2.75, 3.05) is 27.9 Å². The highest BCUT2D eigenvalue weighted by atomic mass is 32.1. The average Bonchev–Trinajstić information content (AvgIpc) is 3.17. The number of hydrogen-bond acceptors (Lipinski definition) is 8. The zero-order valence-corrected chi connectivity index (χ0v) is 21.0. The van der Waals surface area contributed by atoms with Crippen molar-refractivity contribution in [2.45, 2.75) is 19.9 Å². The van der Waals surface area contributed by atoms with Crippen LogP contribution in [0.1, 0.15) is 31.0 Å². The number of aromatic nitrogens is 1. The zero-order valence-electron chi connectivity index (χ0n) is 20.2. The molecule has 1 aliphatic heterocycles. The molecule has 3 aromatic rings. The molecule has 0 aliphatic carbocycles. The first kappa shape index (κ1) is 24.3. The molecule has 1 atom stereocenters. The van der Waals surface area contributed by atoms with E-state index in [-0.39, 0.29) is 12.2 Å². The van der Waals surface area contributed by atoms with Crippen molar-refractivity contribution >= 4 is 23.4 Å². The Kier molecular flexibility index (Phi) is 7.07. The molecule has 0 amide bonds. The standard InChI is InChI=1S/C26H26N2O6S/c1-6-34-25(30)22-15(2)27-26-28(23(22)19-12-11-18(32-4)14-20(19)33-5)24(29)21(35-26)13-16-7-9-17(31-3)10-8-16/h7-14,23H,6H2,1-5H3/b21-13-. The second kappa shape index (κ2) is 10.2. The highest BCUT2D eigenvalue weighted by molar-refractivity contribution is 7.07. The summed E-state index contributed by atoms with van der Waals surface area (Å²) < 4.78 is 23.5. The van der Waals surface area contributed by atoms with Gasteiger partial charge in [0.25, 0.3) is 5.56 Å². The van der Waals surface area contributed by atoms with Crippen LogP contribution in [0.3, 0.4) is 0 Å². The molecule has 0 fully saturated rings. The lowest BCUT2D eigenvalue weighted by molar-refractivity contribution is -0.139. The molecule has 0 radical (unpaired) electrons. The number of methoxy groups -OCH3 is 3. The lowest BCUT2D eigenvalue weighted by Gasteiger charge is -2.26. The number of ether oxygens (including phenoxy) is 4. The van der Waals surface area contributed by atoms with Crippen LogP contribution in [0, 0.1) is 0 Å². The topological polar surface area (TPSA) is 88.4 Å². The number of nitrogens with zero attached hydrogens (tertiary/aromatic N) is 2. The minimum Gasteiger partial charge on any atom is -0.497 e. The molecule has 1 aromatic heterocycles. The molecule has 0 bridgehead atoms. The van der Waals surface area contributed by atoms with Gasteiger partial charge in [-0.3, -0.25) is 9.36 Å². The summed E-state index contributed by atoms with van der Waals surface area (Å²) in [5.74, 6) is 1.28. The van der Waals surface area contributed by atoms with Gasteiger partial charge in [-0.15, -0.1) is 0 Å². The number of rotatable bonds is 7. The number of benzene rings is 2. The highest BCUT2D eigenvalue weighted by Gasteiger charge is 2.35. The second-order valence-corrected chi connectivity index (χ2v) is 8.69. The Morgan fingerprint density at radius 2 is 1.74 bits per heavy atom. The monoisotopic (exact) mass is 494 g/mol. The molecular weight excluding hydrogens is 468 g/mol. The van der Waals surface area contributed by atoms with E-state index in [1.54, 1.807) is 52.3 Å². The molecule has 182 valence electrons. The minimum absolute atomic E-state index is 0.198. The Hall–Kier alpha value is -3.85. The van der Waals surface area contributed by atoms with Crippen molar-refractivity contribution in [1.29, 1.82) is 0 Å². The number of hydrogen-bond donors (Lipinski definition) is 0. The van der Waals surface area contributed by atoms with Gasteiger partial charge in [0, 0.05) is 11.6 Å². The number of carbonyl (C=O) groups excluding carboxylic acids is 1. The SMILES string of the molecule is CCOC(=O)C1=C(C)N=c2s/c(=C\c3ccc(OC)cc3)c(=O)n2C1c1ccc(OC)cc1OC. The molecule has 9 heteroatoms. The normalized spacial score (nSPS) is 15.3. The first-order valence-electron chi connectivity index (χ1n) is 11.0. The van der Waals surface area contributed by atoms with E-state index in [4.69, 9.17) is 18.9 Å². The molecule has 2 heterocycles. The summed E-state index contributed by atoms with van der Waals surface area (Å²) in [5.41, 5.74) is 1.99. The van der Waals surface area contributed by atoms with Gasteiger partial charge >= 0.3 is 5.97 Å². The summed E-state index contributed by atoms with van der Waals surface area (Å²) in [6.07, 6.45) is 1.80. The molecule has 2 aromatic carbocycles. The van der Waals surface area contributed by atoms with Gasteiger partial charge in [0.05, 0.1) is 43.7 Å². The van der Waals surface area contributed by atoms with E-state index in [9.17, 15) is 9.59 Å².